The first-order valence-electron chi connectivity index (χ1n) is 5.48. The summed E-state index contributed by atoms with van der Waals surface area (Å²) in [4.78, 5) is 0. The first-order chi connectivity index (χ1) is 7.92. The Morgan fingerprint density at radius 3 is 2.59 bits per heavy atom. The molecule has 0 spiro atoms. The van der Waals surface area contributed by atoms with E-state index in [0.29, 0.717) is 11.6 Å². The molecule has 0 aliphatic carbocycles. The van der Waals surface area contributed by atoms with Gasteiger partial charge in [0, 0.05) is 17.5 Å². The molecule has 0 heterocycles. The smallest absolute Gasteiger partial charge is 0.310 e. The Morgan fingerprint density at radius 2 is 2.06 bits per heavy atom. The number of rotatable bonds is 5. The average Bonchev–Trinajstić information content (AvgIpc) is 2.23. The van der Waals surface area contributed by atoms with Gasteiger partial charge < -0.3 is 5.32 Å². The lowest BCUT2D eigenvalue weighted by Gasteiger charge is -2.19. The zero-order chi connectivity index (χ0) is 12.9. The molecule has 1 aromatic carbocycles. The molecule has 96 valence electrons. The number of benzene rings is 1. The van der Waals surface area contributed by atoms with Crippen LogP contribution in [0.2, 0.25) is 5.02 Å². The SMILES string of the molecule is CCNC(CCC(F)(F)F)c1cccc(Cl)c1. The maximum Gasteiger partial charge on any atom is 0.389 e. The van der Waals surface area contributed by atoms with Crippen LogP contribution in [0.25, 0.3) is 0 Å². The van der Waals surface area contributed by atoms with E-state index >= 15 is 0 Å². The van der Waals surface area contributed by atoms with Crippen LogP contribution in [-0.4, -0.2) is 12.7 Å². The van der Waals surface area contributed by atoms with Crippen molar-refractivity contribution in [1.29, 1.82) is 0 Å². The molecule has 0 aliphatic heterocycles. The second kappa shape index (κ2) is 6.26. The third-order valence-electron chi connectivity index (χ3n) is 2.42. The lowest BCUT2D eigenvalue weighted by molar-refractivity contribution is -0.136. The molecule has 0 fully saturated rings. The van der Waals surface area contributed by atoms with Crippen molar-refractivity contribution < 1.29 is 13.2 Å². The van der Waals surface area contributed by atoms with Gasteiger partial charge in [-0.25, -0.2) is 0 Å². The molecular weight excluding hydrogens is 251 g/mol. The van der Waals surface area contributed by atoms with Crippen molar-refractivity contribution in [3.05, 3.63) is 34.9 Å². The van der Waals surface area contributed by atoms with Gasteiger partial charge in [-0.3, -0.25) is 0 Å². The number of nitrogens with one attached hydrogen (secondary N) is 1. The maximum absolute atomic E-state index is 12.2. The minimum absolute atomic E-state index is 0.0255. The Labute approximate surface area is 104 Å². The first kappa shape index (κ1) is 14.3. The molecule has 1 nitrogen and oxygen atoms in total. The Kier molecular flexibility index (Phi) is 5.28. The Morgan fingerprint density at radius 1 is 1.35 bits per heavy atom. The zero-order valence-corrected chi connectivity index (χ0v) is 10.3. The minimum Gasteiger partial charge on any atom is -0.310 e. The molecule has 5 heteroatoms. The van der Waals surface area contributed by atoms with Crippen LogP contribution in [0.4, 0.5) is 13.2 Å². The minimum atomic E-state index is -4.12. The molecule has 0 amide bonds. The average molecular weight is 266 g/mol. The highest BCUT2D eigenvalue weighted by Gasteiger charge is 2.28. The van der Waals surface area contributed by atoms with Gasteiger partial charge in [0.15, 0.2) is 0 Å². The van der Waals surface area contributed by atoms with Gasteiger partial charge in [-0.2, -0.15) is 13.2 Å². The van der Waals surface area contributed by atoms with Gasteiger partial charge in [-0.15, -0.1) is 0 Å². The van der Waals surface area contributed by atoms with E-state index in [1.807, 2.05) is 6.92 Å². The molecule has 1 atom stereocenters. The van der Waals surface area contributed by atoms with Crippen LogP contribution in [0.15, 0.2) is 24.3 Å². The quantitative estimate of drug-likeness (QED) is 0.835. The fraction of sp³-hybridized carbons (Fsp3) is 0.500. The second-order valence-corrected chi connectivity index (χ2v) is 4.26. The monoisotopic (exact) mass is 265 g/mol. The summed E-state index contributed by atoms with van der Waals surface area (Å²) >= 11 is 5.83. The normalized spacial score (nSPS) is 13.7. The molecule has 17 heavy (non-hydrogen) atoms. The lowest BCUT2D eigenvalue weighted by Crippen LogP contribution is -2.23. The topological polar surface area (TPSA) is 12.0 Å². The molecule has 0 bridgehead atoms. The third kappa shape index (κ3) is 5.41. The molecule has 0 aromatic heterocycles. The summed E-state index contributed by atoms with van der Waals surface area (Å²) in [6.45, 7) is 2.49. The molecule has 1 aromatic rings. The molecule has 0 radical (unpaired) electrons. The fourth-order valence-electron chi connectivity index (χ4n) is 1.66. The summed E-state index contributed by atoms with van der Waals surface area (Å²) in [7, 11) is 0. The number of alkyl halides is 3. The fourth-order valence-corrected chi connectivity index (χ4v) is 1.86. The summed E-state index contributed by atoms with van der Waals surface area (Å²) in [5.41, 5.74) is 0.795. The molecule has 1 rings (SSSR count). The van der Waals surface area contributed by atoms with Gasteiger partial charge in [-0.05, 0) is 30.7 Å². The highest BCUT2D eigenvalue weighted by Crippen LogP contribution is 2.28. The Hall–Kier alpha value is -0.740. The van der Waals surface area contributed by atoms with E-state index in [0.717, 1.165) is 5.56 Å². The van der Waals surface area contributed by atoms with Crippen molar-refractivity contribution in [3.63, 3.8) is 0 Å². The zero-order valence-electron chi connectivity index (χ0n) is 9.52. The Balaban J connectivity index is 2.71. The van der Waals surface area contributed by atoms with Crippen LogP contribution in [0.5, 0.6) is 0 Å². The van der Waals surface area contributed by atoms with E-state index in [2.05, 4.69) is 5.32 Å². The van der Waals surface area contributed by atoms with E-state index in [1.165, 1.54) is 0 Å². The predicted molar refractivity (Wildman–Crippen MR) is 63.2 cm³/mol. The van der Waals surface area contributed by atoms with Crippen molar-refractivity contribution in [2.45, 2.75) is 32.0 Å². The van der Waals surface area contributed by atoms with Crippen LogP contribution < -0.4 is 5.32 Å². The van der Waals surface area contributed by atoms with E-state index in [9.17, 15) is 13.2 Å². The highest BCUT2D eigenvalue weighted by atomic mass is 35.5. The summed E-state index contributed by atoms with van der Waals surface area (Å²) in [5.74, 6) is 0. The standard InChI is InChI=1S/C12H15ClF3N/c1-2-17-11(6-7-12(14,15)16)9-4-3-5-10(13)8-9/h3-5,8,11,17H,2,6-7H2,1H3. The van der Waals surface area contributed by atoms with Crippen LogP contribution in [-0.2, 0) is 0 Å². The molecule has 0 saturated carbocycles. The molecular formula is C12H15ClF3N. The van der Waals surface area contributed by atoms with Crippen LogP contribution in [0.3, 0.4) is 0 Å². The van der Waals surface area contributed by atoms with Gasteiger partial charge in [0.2, 0.25) is 0 Å². The van der Waals surface area contributed by atoms with Gasteiger partial charge >= 0.3 is 6.18 Å². The number of hydrogen-bond donors (Lipinski definition) is 1. The summed E-state index contributed by atoms with van der Waals surface area (Å²) in [6.07, 6.45) is -4.89. The number of halogens is 4. The molecule has 0 aliphatic rings. The van der Waals surface area contributed by atoms with Crippen molar-refractivity contribution in [3.8, 4) is 0 Å². The lowest BCUT2D eigenvalue weighted by atomic mass is 10.0. The Bertz CT molecular complexity index is 352. The van der Waals surface area contributed by atoms with Crippen molar-refractivity contribution in [2.24, 2.45) is 0 Å². The van der Waals surface area contributed by atoms with E-state index < -0.39 is 12.6 Å². The number of hydrogen-bond acceptors (Lipinski definition) is 1. The van der Waals surface area contributed by atoms with Crippen LogP contribution in [0, 0.1) is 0 Å². The first-order valence-corrected chi connectivity index (χ1v) is 5.86. The highest BCUT2D eigenvalue weighted by molar-refractivity contribution is 6.30. The third-order valence-corrected chi connectivity index (χ3v) is 2.65. The summed E-state index contributed by atoms with van der Waals surface area (Å²) < 4.78 is 36.6. The predicted octanol–water partition coefficient (Wildman–Crippen LogP) is 4.33. The van der Waals surface area contributed by atoms with Crippen LogP contribution in [0.1, 0.15) is 31.4 Å². The van der Waals surface area contributed by atoms with Crippen molar-refractivity contribution in [1.82, 2.24) is 5.32 Å². The molecule has 1 N–H and O–H groups in total. The van der Waals surface area contributed by atoms with Gasteiger partial charge in [0.05, 0.1) is 0 Å². The summed E-state index contributed by atoms with van der Waals surface area (Å²) in [5, 5.41) is 3.58. The van der Waals surface area contributed by atoms with Crippen molar-refractivity contribution >= 4 is 11.6 Å². The summed E-state index contributed by atoms with van der Waals surface area (Å²) in [6, 6.07) is 6.63. The van der Waals surface area contributed by atoms with Crippen LogP contribution >= 0.6 is 11.6 Å². The second-order valence-electron chi connectivity index (χ2n) is 3.82. The van der Waals surface area contributed by atoms with Gasteiger partial charge in [0.1, 0.15) is 0 Å². The molecule has 1 unspecified atom stereocenters. The van der Waals surface area contributed by atoms with Crippen molar-refractivity contribution in [2.75, 3.05) is 6.54 Å². The van der Waals surface area contributed by atoms with E-state index in [-0.39, 0.29) is 12.5 Å². The molecule has 0 saturated heterocycles. The van der Waals surface area contributed by atoms with Gasteiger partial charge in [-0.1, -0.05) is 30.7 Å². The van der Waals surface area contributed by atoms with E-state index in [1.54, 1.807) is 24.3 Å². The largest absolute Gasteiger partial charge is 0.389 e. The van der Waals surface area contributed by atoms with Gasteiger partial charge in [0.25, 0.3) is 0 Å². The van der Waals surface area contributed by atoms with E-state index in [4.69, 9.17) is 11.6 Å². The maximum atomic E-state index is 12.2.